The van der Waals surface area contributed by atoms with Crippen LogP contribution in [0.5, 0.6) is 0 Å². The average Bonchev–Trinajstić information content (AvgIpc) is 2.54. The van der Waals surface area contributed by atoms with E-state index < -0.39 is 5.60 Å². The van der Waals surface area contributed by atoms with E-state index in [1.807, 2.05) is 33.8 Å². The third kappa shape index (κ3) is 4.15. The van der Waals surface area contributed by atoms with Crippen molar-refractivity contribution in [3.63, 3.8) is 0 Å². The van der Waals surface area contributed by atoms with Gasteiger partial charge in [-0.2, -0.15) is 0 Å². The molecule has 1 aliphatic rings. The van der Waals surface area contributed by atoms with Crippen molar-refractivity contribution >= 4 is 45.9 Å². The van der Waals surface area contributed by atoms with Crippen molar-refractivity contribution < 1.29 is 9.53 Å². The number of anilines is 1. The molecule has 0 saturated carbocycles. The van der Waals surface area contributed by atoms with Crippen molar-refractivity contribution in [1.29, 1.82) is 0 Å². The van der Waals surface area contributed by atoms with E-state index in [1.54, 1.807) is 11.0 Å². The maximum Gasteiger partial charge on any atom is 0.410 e. The molecule has 0 radical (unpaired) electrons. The number of aryl methyl sites for hydroxylation is 1. The largest absolute Gasteiger partial charge is 0.444 e. The third-order valence-corrected chi connectivity index (χ3v) is 4.81. The van der Waals surface area contributed by atoms with Crippen LogP contribution in [0, 0.1) is 6.92 Å². The molecule has 7 heteroatoms. The maximum absolute atomic E-state index is 12.2. The summed E-state index contributed by atoms with van der Waals surface area (Å²) in [6.45, 7) is 10.4. The molecule has 0 N–H and O–H groups in total. The number of fused-ring (bicyclic) bond motifs is 1. The molecular weight excluding hydrogens is 373 g/mol. The van der Waals surface area contributed by atoms with E-state index in [4.69, 9.17) is 27.9 Å². The first-order valence-electron chi connectivity index (χ1n) is 8.63. The first kappa shape index (κ1) is 19.1. The van der Waals surface area contributed by atoms with E-state index in [2.05, 4.69) is 16.0 Å². The molecule has 1 aliphatic heterocycles. The summed E-state index contributed by atoms with van der Waals surface area (Å²) in [7, 11) is 0. The SMILES string of the molecule is Cc1cc(N2CCN(C(=O)OC(C)(C)C)CC2)cc2c(Cl)cc(Cl)nc12. The highest BCUT2D eigenvalue weighted by Gasteiger charge is 2.26. The molecule has 26 heavy (non-hydrogen) atoms. The van der Waals surface area contributed by atoms with Crippen LogP contribution in [0.1, 0.15) is 26.3 Å². The molecule has 1 aromatic heterocycles. The second-order valence-corrected chi connectivity index (χ2v) is 8.33. The van der Waals surface area contributed by atoms with Crippen LogP contribution in [-0.4, -0.2) is 47.8 Å². The number of rotatable bonds is 1. The van der Waals surface area contributed by atoms with Gasteiger partial charge in [0.25, 0.3) is 0 Å². The summed E-state index contributed by atoms with van der Waals surface area (Å²) in [5, 5.41) is 1.88. The van der Waals surface area contributed by atoms with Crippen LogP contribution in [0.25, 0.3) is 10.9 Å². The Morgan fingerprint density at radius 1 is 1.12 bits per heavy atom. The molecule has 1 aromatic carbocycles. The number of ether oxygens (including phenoxy) is 1. The first-order chi connectivity index (χ1) is 12.1. The molecule has 0 aliphatic carbocycles. The molecule has 1 amide bonds. The lowest BCUT2D eigenvalue weighted by Crippen LogP contribution is -2.50. The number of carbonyl (C=O) groups is 1. The Balaban J connectivity index is 1.77. The van der Waals surface area contributed by atoms with Crippen molar-refractivity contribution in [1.82, 2.24) is 9.88 Å². The molecule has 1 fully saturated rings. The standard InChI is InChI=1S/C19H23Cl2N3O2/c1-12-9-13(10-14-15(20)11-16(21)22-17(12)14)23-5-7-24(8-6-23)18(25)26-19(2,3)4/h9-11H,5-8H2,1-4H3. The Morgan fingerprint density at radius 3 is 2.38 bits per heavy atom. The summed E-state index contributed by atoms with van der Waals surface area (Å²) in [5.41, 5.74) is 2.44. The van der Waals surface area contributed by atoms with Gasteiger partial charge in [-0.3, -0.25) is 0 Å². The number of pyridine rings is 1. The Hall–Kier alpha value is -1.72. The van der Waals surface area contributed by atoms with Crippen molar-refractivity contribution in [2.45, 2.75) is 33.3 Å². The van der Waals surface area contributed by atoms with E-state index in [1.165, 1.54) is 0 Å². The molecule has 0 atom stereocenters. The summed E-state index contributed by atoms with van der Waals surface area (Å²) >= 11 is 12.4. The summed E-state index contributed by atoms with van der Waals surface area (Å²) < 4.78 is 5.45. The lowest BCUT2D eigenvalue weighted by molar-refractivity contribution is 0.0240. The minimum atomic E-state index is -0.477. The van der Waals surface area contributed by atoms with Crippen LogP contribution in [0.15, 0.2) is 18.2 Å². The molecule has 3 rings (SSSR count). The van der Waals surface area contributed by atoms with Crippen LogP contribution in [0.3, 0.4) is 0 Å². The minimum absolute atomic E-state index is 0.256. The predicted octanol–water partition coefficient (Wildman–Crippen LogP) is 4.91. The molecule has 2 aromatic rings. The topological polar surface area (TPSA) is 45.7 Å². The van der Waals surface area contributed by atoms with Crippen LogP contribution in [0.4, 0.5) is 10.5 Å². The van der Waals surface area contributed by atoms with Crippen LogP contribution >= 0.6 is 23.2 Å². The number of hydrogen-bond donors (Lipinski definition) is 0. The number of aromatic nitrogens is 1. The smallest absolute Gasteiger partial charge is 0.410 e. The van der Waals surface area contributed by atoms with Gasteiger partial charge in [-0.05, 0) is 51.5 Å². The Labute approximate surface area is 163 Å². The number of amides is 1. The minimum Gasteiger partial charge on any atom is -0.444 e. The second-order valence-electron chi connectivity index (χ2n) is 7.54. The quantitative estimate of drug-likeness (QED) is 0.643. The average molecular weight is 396 g/mol. The summed E-state index contributed by atoms with van der Waals surface area (Å²) in [4.78, 5) is 20.6. The van der Waals surface area contributed by atoms with Gasteiger partial charge in [0.2, 0.25) is 0 Å². The lowest BCUT2D eigenvalue weighted by Gasteiger charge is -2.37. The monoisotopic (exact) mass is 395 g/mol. The molecular formula is C19H23Cl2N3O2. The number of piperazine rings is 1. The zero-order valence-corrected chi connectivity index (χ0v) is 17.0. The van der Waals surface area contributed by atoms with Crippen molar-refractivity contribution in [2.75, 3.05) is 31.1 Å². The van der Waals surface area contributed by atoms with Gasteiger partial charge in [0.15, 0.2) is 0 Å². The maximum atomic E-state index is 12.2. The molecule has 0 bridgehead atoms. The second kappa shape index (κ2) is 7.12. The first-order valence-corrected chi connectivity index (χ1v) is 9.39. The van der Waals surface area contributed by atoms with E-state index >= 15 is 0 Å². The number of carbonyl (C=O) groups excluding carboxylic acids is 1. The normalized spacial score (nSPS) is 15.5. The highest BCUT2D eigenvalue weighted by atomic mass is 35.5. The number of benzene rings is 1. The highest BCUT2D eigenvalue weighted by molar-refractivity contribution is 6.38. The van der Waals surface area contributed by atoms with Crippen molar-refractivity contribution in [2.24, 2.45) is 0 Å². The number of hydrogen-bond acceptors (Lipinski definition) is 4. The zero-order chi connectivity index (χ0) is 19.1. The molecule has 5 nitrogen and oxygen atoms in total. The van der Waals surface area contributed by atoms with Gasteiger partial charge in [-0.25, -0.2) is 9.78 Å². The Morgan fingerprint density at radius 2 is 1.77 bits per heavy atom. The van der Waals surface area contributed by atoms with Crippen molar-refractivity contribution in [3.8, 4) is 0 Å². The predicted molar refractivity (Wildman–Crippen MR) is 107 cm³/mol. The molecule has 1 saturated heterocycles. The van der Waals surface area contributed by atoms with E-state index in [-0.39, 0.29) is 6.09 Å². The fraction of sp³-hybridized carbons (Fsp3) is 0.474. The van der Waals surface area contributed by atoms with Crippen LogP contribution < -0.4 is 4.90 Å². The third-order valence-electron chi connectivity index (χ3n) is 4.30. The fourth-order valence-electron chi connectivity index (χ4n) is 3.07. The molecule has 140 valence electrons. The summed E-state index contributed by atoms with van der Waals surface area (Å²) in [5.74, 6) is 0. The zero-order valence-electron chi connectivity index (χ0n) is 15.5. The van der Waals surface area contributed by atoms with E-state index in [0.717, 1.165) is 35.2 Å². The van der Waals surface area contributed by atoms with Gasteiger partial charge >= 0.3 is 6.09 Å². The van der Waals surface area contributed by atoms with Gasteiger partial charge < -0.3 is 14.5 Å². The number of nitrogens with zero attached hydrogens (tertiary/aromatic N) is 3. The fourth-order valence-corrected chi connectivity index (χ4v) is 3.57. The van der Waals surface area contributed by atoms with Gasteiger partial charge in [-0.15, -0.1) is 0 Å². The molecule has 0 unspecified atom stereocenters. The van der Waals surface area contributed by atoms with E-state index in [9.17, 15) is 4.79 Å². The van der Waals surface area contributed by atoms with Gasteiger partial charge in [0.05, 0.1) is 10.5 Å². The Bertz CT molecular complexity index is 841. The van der Waals surface area contributed by atoms with E-state index in [0.29, 0.717) is 23.3 Å². The van der Waals surface area contributed by atoms with Gasteiger partial charge in [0.1, 0.15) is 10.8 Å². The summed E-state index contributed by atoms with van der Waals surface area (Å²) in [6.07, 6.45) is -0.256. The van der Waals surface area contributed by atoms with Crippen LogP contribution in [-0.2, 0) is 4.74 Å². The molecule has 0 spiro atoms. The Kier molecular flexibility index (Phi) is 5.22. The highest BCUT2D eigenvalue weighted by Crippen LogP contribution is 2.32. The van der Waals surface area contributed by atoms with Crippen molar-refractivity contribution in [3.05, 3.63) is 33.9 Å². The lowest BCUT2D eigenvalue weighted by atomic mass is 10.1. The number of halogens is 2. The molecule has 2 heterocycles. The summed E-state index contributed by atoms with van der Waals surface area (Å²) in [6, 6.07) is 5.79. The van der Waals surface area contributed by atoms with Gasteiger partial charge in [-0.1, -0.05) is 23.2 Å². The van der Waals surface area contributed by atoms with Crippen LogP contribution in [0.2, 0.25) is 10.2 Å². The van der Waals surface area contributed by atoms with Gasteiger partial charge in [0, 0.05) is 37.3 Å².